The first-order valence-corrected chi connectivity index (χ1v) is 10.9. The SMILES string of the molecule is Cc1ccc(C(=O)NCc2cccc(S(=O)(=O)N3CCCCC3)c2)cc1[N+](=O)[O-]. The number of carbonyl (C=O) groups is 1. The van der Waals surface area contributed by atoms with E-state index in [0.717, 1.165) is 19.3 Å². The fraction of sp³-hybridized carbons (Fsp3) is 0.350. The van der Waals surface area contributed by atoms with Gasteiger partial charge in [0.15, 0.2) is 0 Å². The van der Waals surface area contributed by atoms with Crippen molar-refractivity contribution in [3.63, 3.8) is 0 Å². The van der Waals surface area contributed by atoms with Crippen LogP contribution in [0.4, 0.5) is 5.69 Å². The fourth-order valence-corrected chi connectivity index (χ4v) is 4.89. The Morgan fingerprint density at radius 1 is 1.14 bits per heavy atom. The number of piperidine rings is 1. The standard InChI is InChI=1S/C20H23N3O5S/c1-15-8-9-17(13-19(15)23(25)26)20(24)21-14-16-6-5-7-18(12-16)29(27,28)22-10-3-2-4-11-22/h5-9,12-13H,2-4,10-11,14H2,1H3,(H,21,24). The van der Waals surface area contributed by atoms with Crippen molar-refractivity contribution in [1.82, 2.24) is 9.62 Å². The Hall–Kier alpha value is -2.78. The summed E-state index contributed by atoms with van der Waals surface area (Å²) in [5.41, 5.74) is 1.17. The van der Waals surface area contributed by atoms with Crippen LogP contribution >= 0.6 is 0 Å². The molecule has 8 nitrogen and oxygen atoms in total. The average Bonchev–Trinajstić information content (AvgIpc) is 2.73. The highest BCUT2D eigenvalue weighted by atomic mass is 32.2. The van der Waals surface area contributed by atoms with E-state index in [1.54, 1.807) is 31.2 Å². The molecule has 2 aromatic carbocycles. The van der Waals surface area contributed by atoms with Gasteiger partial charge in [-0.25, -0.2) is 8.42 Å². The van der Waals surface area contributed by atoms with Gasteiger partial charge in [-0.2, -0.15) is 4.31 Å². The zero-order valence-corrected chi connectivity index (χ0v) is 16.9. The molecule has 1 amide bonds. The number of aryl methyl sites for hydroxylation is 1. The Morgan fingerprint density at radius 3 is 2.55 bits per heavy atom. The molecular weight excluding hydrogens is 394 g/mol. The quantitative estimate of drug-likeness (QED) is 0.574. The van der Waals surface area contributed by atoms with Crippen molar-refractivity contribution in [1.29, 1.82) is 0 Å². The third-order valence-electron chi connectivity index (χ3n) is 4.97. The van der Waals surface area contributed by atoms with Gasteiger partial charge in [0.2, 0.25) is 10.0 Å². The maximum absolute atomic E-state index is 12.8. The van der Waals surface area contributed by atoms with Crippen molar-refractivity contribution in [2.75, 3.05) is 13.1 Å². The third-order valence-corrected chi connectivity index (χ3v) is 6.87. The zero-order chi connectivity index (χ0) is 21.0. The minimum atomic E-state index is -3.55. The molecule has 0 spiro atoms. The van der Waals surface area contributed by atoms with E-state index in [1.807, 2.05) is 0 Å². The first kappa shape index (κ1) is 20.9. The Labute approximate surface area is 169 Å². The van der Waals surface area contributed by atoms with E-state index in [1.165, 1.54) is 22.5 Å². The highest BCUT2D eigenvalue weighted by Gasteiger charge is 2.26. The highest BCUT2D eigenvalue weighted by Crippen LogP contribution is 2.22. The summed E-state index contributed by atoms with van der Waals surface area (Å²) < 4.78 is 27.1. The van der Waals surface area contributed by atoms with E-state index in [0.29, 0.717) is 24.2 Å². The summed E-state index contributed by atoms with van der Waals surface area (Å²) in [5.74, 6) is -0.461. The van der Waals surface area contributed by atoms with Crippen LogP contribution in [0.25, 0.3) is 0 Å². The molecule has 0 atom stereocenters. The first-order chi connectivity index (χ1) is 13.8. The monoisotopic (exact) mass is 417 g/mol. The van der Waals surface area contributed by atoms with Crippen molar-refractivity contribution >= 4 is 21.6 Å². The minimum Gasteiger partial charge on any atom is -0.348 e. The predicted molar refractivity (Wildman–Crippen MR) is 108 cm³/mol. The van der Waals surface area contributed by atoms with Crippen LogP contribution in [0.5, 0.6) is 0 Å². The lowest BCUT2D eigenvalue weighted by molar-refractivity contribution is -0.385. The molecule has 0 saturated carbocycles. The first-order valence-electron chi connectivity index (χ1n) is 9.41. The van der Waals surface area contributed by atoms with Gasteiger partial charge < -0.3 is 5.32 Å². The molecule has 1 aliphatic rings. The summed E-state index contributed by atoms with van der Waals surface area (Å²) in [6, 6.07) is 10.8. The van der Waals surface area contributed by atoms with Gasteiger partial charge in [0, 0.05) is 36.8 Å². The lowest BCUT2D eigenvalue weighted by atomic mass is 10.1. The largest absolute Gasteiger partial charge is 0.348 e. The van der Waals surface area contributed by atoms with Crippen molar-refractivity contribution < 1.29 is 18.1 Å². The van der Waals surface area contributed by atoms with Gasteiger partial charge >= 0.3 is 0 Å². The number of benzene rings is 2. The number of nitro benzene ring substituents is 1. The molecule has 2 aromatic rings. The fourth-order valence-electron chi connectivity index (χ4n) is 3.30. The molecular formula is C20H23N3O5S. The van der Waals surface area contributed by atoms with Crippen LogP contribution in [-0.2, 0) is 16.6 Å². The van der Waals surface area contributed by atoms with E-state index >= 15 is 0 Å². The lowest BCUT2D eigenvalue weighted by Gasteiger charge is -2.26. The third kappa shape index (κ3) is 4.80. The molecule has 0 aromatic heterocycles. The van der Waals surface area contributed by atoms with Gasteiger partial charge in [0.1, 0.15) is 0 Å². The van der Waals surface area contributed by atoms with Crippen LogP contribution in [0.1, 0.15) is 40.7 Å². The highest BCUT2D eigenvalue weighted by molar-refractivity contribution is 7.89. The van der Waals surface area contributed by atoms with Gasteiger partial charge in [0.05, 0.1) is 9.82 Å². The lowest BCUT2D eigenvalue weighted by Crippen LogP contribution is -2.35. The summed E-state index contributed by atoms with van der Waals surface area (Å²) >= 11 is 0. The predicted octanol–water partition coefficient (Wildman–Crippen LogP) is 3.01. The molecule has 0 bridgehead atoms. The minimum absolute atomic E-state index is 0.115. The van der Waals surface area contributed by atoms with Gasteiger partial charge in [-0.05, 0) is 43.5 Å². The number of sulfonamides is 1. The van der Waals surface area contributed by atoms with Crippen LogP contribution in [0, 0.1) is 17.0 Å². The van der Waals surface area contributed by atoms with Crippen LogP contribution in [0.15, 0.2) is 47.4 Å². The van der Waals surface area contributed by atoms with E-state index in [4.69, 9.17) is 0 Å². The van der Waals surface area contributed by atoms with Crippen molar-refractivity contribution in [2.24, 2.45) is 0 Å². The zero-order valence-electron chi connectivity index (χ0n) is 16.1. The number of rotatable bonds is 6. The summed E-state index contributed by atoms with van der Waals surface area (Å²) in [6.45, 7) is 2.77. The van der Waals surface area contributed by atoms with E-state index in [2.05, 4.69) is 5.32 Å². The Kier molecular flexibility index (Phi) is 6.29. The van der Waals surface area contributed by atoms with Gasteiger partial charge in [-0.3, -0.25) is 14.9 Å². The maximum atomic E-state index is 12.8. The maximum Gasteiger partial charge on any atom is 0.273 e. The van der Waals surface area contributed by atoms with Crippen molar-refractivity contribution in [3.05, 3.63) is 69.3 Å². The smallest absolute Gasteiger partial charge is 0.273 e. The van der Waals surface area contributed by atoms with E-state index < -0.39 is 20.9 Å². The Balaban J connectivity index is 1.72. The van der Waals surface area contributed by atoms with E-state index in [9.17, 15) is 23.3 Å². The summed E-state index contributed by atoms with van der Waals surface area (Å²) in [5, 5.41) is 13.7. The molecule has 3 rings (SSSR count). The number of carbonyl (C=O) groups excluding carboxylic acids is 1. The Morgan fingerprint density at radius 2 is 1.86 bits per heavy atom. The van der Waals surface area contributed by atoms with Crippen LogP contribution in [-0.4, -0.2) is 36.6 Å². The molecule has 1 saturated heterocycles. The molecule has 29 heavy (non-hydrogen) atoms. The molecule has 154 valence electrons. The number of nitrogens with one attached hydrogen (secondary N) is 1. The molecule has 1 heterocycles. The molecule has 1 N–H and O–H groups in total. The molecule has 9 heteroatoms. The summed E-state index contributed by atoms with van der Waals surface area (Å²) in [4.78, 5) is 23.1. The molecule has 1 aliphatic heterocycles. The number of hydrogen-bond acceptors (Lipinski definition) is 5. The van der Waals surface area contributed by atoms with Gasteiger partial charge in [-0.15, -0.1) is 0 Å². The Bertz CT molecular complexity index is 1030. The van der Waals surface area contributed by atoms with Crippen LogP contribution < -0.4 is 5.32 Å². The second kappa shape index (κ2) is 8.71. The van der Waals surface area contributed by atoms with Gasteiger partial charge in [0.25, 0.3) is 11.6 Å². The summed E-state index contributed by atoms with van der Waals surface area (Å²) in [7, 11) is -3.55. The normalized spacial score (nSPS) is 15.1. The molecule has 1 fully saturated rings. The van der Waals surface area contributed by atoms with Crippen molar-refractivity contribution in [2.45, 2.75) is 37.6 Å². The second-order valence-electron chi connectivity index (χ2n) is 7.05. The molecule has 0 unspecified atom stereocenters. The van der Waals surface area contributed by atoms with Crippen LogP contribution in [0.3, 0.4) is 0 Å². The van der Waals surface area contributed by atoms with E-state index in [-0.39, 0.29) is 22.7 Å². The van der Waals surface area contributed by atoms with Gasteiger partial charge in [-0.1, -0.05) is 24.6 Å². The molecule has 0 radical (unpaired) electrons. The number of nitro groups is 1. The topological polar surface area (TPSA) is 110 Å². The number of hydrogen-bond donors (Lipinski definition) is 1. The number of amides is 1. The molecule has 0 aliphatic carbocycles. The number of nitrogens with zero attached hydrogens (tertiary/aromatic N) is 2. The summed E-state index contributed by atoms with van der Waals surface area (Å²) in [6.07, 6.45) is 2.75. The average molecular weight is 417 g/mol. The van der Waals surface area contributed by atoms with Crippen molar-refractivity contribution in [3.8, 4) is 0 Å². The van der Waals surface area contributed by atoms with Crippen LogP contribution in [0.2, 0.25) is 0 Å². The second-order valence-corrected chi connectivity index (χ2v) is 8.99.